The molecular formula is C22H24N4O2S. The van der Waals surface area contributed by atoms with Crippen LogP contribution >= 0.6 is 11.8 Å². The number of rotatable bonds is 6. The third-order valence-electron chi connectivity index (χ3n) is 4.93. The molecule has 0 N–H and O–H groups in total. The van der Waals surface area contributed by atoms with Crippen LogP contribution in [0.1, 0.15) is 5.82 Å². The Morgan fingerprint density at radius 3 is 2.59 bits per heavy atom. The van der Waals surface area contributed by atoms with E-state index < -0.39 is 0 Å². The zero-order chi connectivity index (χ0) is 20.1. The minimum absolute atomic E-state index is 0.0404. The van der Waals surface area contributed by atoms with Crippen LogP contribution in [0.3, 0.4) is 0 Å². The highest BCUT2D eigenvalue weighted by Gasteiger charge is 2.16. The van der Waals surface area contributed by atoms with Gasteiger partial charge < -0.3 is 9.64 Å². The second-order valence-corrected chi connectivity index (χ2v) is 7.89. The fraction of sp³-hybridized carbons (Fsp3) is 0.318. The zero-order valence-corrected chi connectivity index (χ0v) is 17.3. The fourth-order valence-corrected chi connectivity index (χ4v) is 4.21. The number of carbonyl (C=O) groups is 1. The van der Waals surface area contributed by atoms with Crippen molar-refractivity contribution in [3.8, 4) is 0 Å². The average Bonchev–Trinajstić information content (AvgIpc) is 2.78. The Kier molecular flexibility index (Phi) is 6.39. The molecule has 1 aromatic heterocycles. The van der Waals surface area contributed by atoms with Crippen LogP contribution in [-0.4, -0.2) is 59.9 Å². The summed E-state index contributed by atoms with van der Waals surface area (Å²) >= 11 is 1.47. The van der Waals surface area contributed by atoms with Crippen molar-refractivity contribution in [1.82, 2.24) is 14.9 Å². The Bertz CT molecular complexity index is 977. The van der Waals surface area contributed by atoms with Crippen LogP contribution in [0.2, 0.25) is 0 Å². The maximum Gasteiger partial charge on any atom is 0.237 e. The van der Waals surface area contributed by atoms with E-state index in [9.17, 15) is 4.79 Å². The van der Waals surface area contributed by atoms with Gasteiger partial charge in [-0.15, -0.1) is 0 Å². The smallest absolute Gasteiger partial charge is 0.237 e. The molecule has 1 aliphatic rings. The molecule has 0 spiro atoms. The van der Waals surface area contributed by atoms with E-state index in [4.69, 9.17) is 14.7 Å². The number of nitrogens with zero attached hydrogens (tertiary/aromatic N) is 4. The number of morpholine rings is 1. The molecule has 1 aliphatic heterocycles. The molecule has 6 nitrogen and oxygen atoms in total. The number of ether oxygens (including phenoxy) is 1. The van der Waals surface area contributed by atoms with Crippen LogP contribution in [0.15, 0.2) is 59.6 Å². The van der Waals surface area contributed by atoms with E-state index >= 15 is 0 Å². The summed E-state index contributed by atoms with van der Waals surface area (Å²) in [5.41, 5.74) is 1.80. The number of amides is 1. The van der Waals surface area contributed by atoms with Crippen LogP contribution in [0.5, 0.6) is 0 Å². The Balaban J connectivity index is 1.51. The predicted molar refractivity (Wildman–Crippen MR) is 116 cm³/mol. The van der Waals surface area contributed by atoms with Gasteiger partial charge in [-0.25, -0.2) is 9.97 Å². The van der Waals surface area contributed by atoms with Crippen molar-refractivity contribution in [1.29, 1.82) is 0 Å². The number of hydrogen-bond donors (Lipinski definition) is 0. The number of benzene rings is 2. The van der Waals surface area contributed by atoms with Crippen LogP contribution in [0.25, 0.3) is 10.9 Å². The quantitative estimate of drug-likeness (QED) is 0.461. The number of para-hydroxylation sites is 2. The molecule has 0 atom stereocenters. The first-order valence-corrected chi connectivity index (χ1v) is 10.7. The summed E-state index contributed by atoms with van der Waals surface area (Å²) in [4.78, 5) is 26.2. The lowest BCUT2D eigenvalue weighted by molar-refractivity contribution is -0.115. The average molecular weight is 409 g/mol. The monoisotopic (exact) mass is 408 g/mol. The van der Waals surface area contributed by atoms with Crippen LogP contribution in [-0.2, 0) is 16.1 Å². The van der Waals surface area contributed by atoms with Crippen molar-refractivity contribution in [3.05, 3.63) is 60.4 Å². The number of anilines is 1. The highest BCUT2D eigenvalue weighted by molar-refractivity contribution is 8.00. The van der Waals surface area contributed by atoms with E-state index in [0.29, 0.717) is 12.3 Å². The van der Waals surface area contributed by atoms with E-state index in [1.165, 1.54) is 11.8 Å². The number of carbonyl (C=O) groups excluding carboxylic acids is 1. The van der Waals surface area contributed by atoms with E-state index in [1.807, 2.05) is 54.6 Å². The van der Waals surface area contributed by atoms with Gasteiger partial charge in [0.15, 0.2) is 0 Å². The van der Waals surface area contributed by atoms with Crippen molar-refractivity contribution in [2.45, 2.75) is 11.6 Å². The van der Waals surface area contributed by atoms with E-state index in [0.717, 1.165) is 53.7 Å². The number of thioether (sulfide) groups is 1. The summed E-state index contributed by atoms with van der Waals surface area (Å²) in [6.07, 6.45) is 0. The second-order valence-electron chi connectivity index (χ2n) is 6.93. The largest absolute Gasteiger partial charge is 0.379 e. The number of hydrogen-bond acceptors (Lipinski definition) is 6. The fourth-order valence-electron chi connectivity index (χ4n) is 3.26. The third kappa shape index (κ3) is 4.93. The minimum atomic E-state index is 0.0404. The molecule has 2 heterocycles. The molecule has 7 heteroatoms. The van der Waals surface area contributed by atoms with E-state index in [-0.39, 0.29) is 5.91 Å². The highest BCUT2D eigenvalue weighted by Crippen LogP contribution is 2.26. The van der Waals surface area contributed by atoms with Crippen LogP contribution < -0.4 is 4.90 Å². The Hall–Kier alpha value is -2.48. The minimum Gasteiger partial charge on any atom is -0.379 e. The van der Waals surface area contributed by atoms with Gasteiger partial charge in [-0.1, -0.05) is 48.2 Å². The lowest BCUT2D eigenvalue weighted by Gasteiger charge is -2.26. The van der Waals surface area contributed by atoms with Gasteiger partial charge in [-0.2, -0.15) is 0 Å². The molecule has 0 aliphatic carbocycles. The first-order chi connectivity index (χ1) is 14.2. The molecule has 150 valence electrons. The molecule has 1 amide bonds. The summed E-state index contributed by atoms with van der Waals surface area (Å²) in [5.74, 6) is 1.15. The molecule has 3 aromatic rings. The molecular weight excluding hydrogens is 384 g/mol. The summed E-state index contributed by atoms with van der Waals surface area (Å²) < 4.78 is 5.43. The van der Waals surface area contributed by atoms with Gasteiger partial charge >= 0.3 is 0 Å². The van der Waals surface area contributed by atoms with Gasteiger partial charge in [0, 0.05) is 31.2 Å². The topological polar surface area (TPSA) is 58.6 Å². The van der Waals surface area contributed by atoms with Crippen molar-refractivity contribution in [2.75, 3.05) is 44.0 Å². The lowest BCUT2D eigenvalue weighted by Crippen LogP contribution is -2.36. The molecule has 29 heavy (non-hydrogen) atoms. The first kappa shape index (κ1) is 19.8. The van der Waals surface area contributed by atoms with Crippen molar-refractivity contribution in [2.24, 2.45) is 0 Å². The molecule has 0 unspecified atom stereocenters. The van der Waals surface area contributed by atoms with Gasteiger partial charge in [0.2, 0.25) is 5.91 Å². The van der Waals surface area contributed by atoms with Gasteiger partial charge in [0.25, 0.3) is 0 Å². The van der Waals surface area contributed by atoms with Gasteiger partial charge in [-0.05, 0) is 18.2 Å². The van der Waals surface area contributed by atoms with Crippen molar-refractivity contribution in [3.63, 3.8) is 0 Å². The van der Waals surface area contributed by atoms with Crippen LogP contribution in [0, 0.1) is 0 Å². The molecule has 4 rings (SSSR count). The normalized spacial score (nSPS) is 14.8. The maximum absolute atomic E-state index is 12.7. The number of fused-ring (bicyclic) bond motifs is 1. The zero-order valence-electron chi connectivity index (χ0n) is 16.5. The molecule has 1 fully saturated rings. The van der Waals surface area contributed by atoms with Gasteiger partial charge in [0.1, 0.15) is 10.9 Å². The Morgan fingerprint density at radius 2 is 1.79 bits per heavy atom. The molecule has 2 aromatic carbocycles. The summed E-state index contributed by atoms with van der Waals surface area (Å²) in [6.45, 7) is 3.96. The van der Waals surface area contributed by atoms with Gasteiger partial charge in [0.05, 0.1) is 31.0 Å². The van der Waals surface area contributed by atoms with E-state index in [1.54, 1.807) is 11.9 Å². The second kappa shape index (κ2) is 9.35. The third-order valence-corrected chi connectivity index (χ3v) is 5.91. The Labute approximate surface area is 174 Å². The number of aromatic nitrogens is 2. The summed E-state index contributed by atoms with van der Waals surface area (Å²) in [6, 6.07) is 17.7. The Morgan fingerprint density at radius 1 is 1.07 bits per heavy atom. The molecule has 0 radical (unpaired) electrons. The maximum atomic E-state index is 12.7. The molecule has 1 saturated heterocycles. The predicted octanol–water partition coefficient (Wildman–Crippen LogP) is 3.22. The molecule has 0 saturated carbocycles. The highest BCUT2D eigenvalue weighted by atomic mass is 32.2. The first-order valence-electron chi connectivity index (χ1n) is 9.71. The van der Waals surface area contributed by atoms with Crippen LogP contribution in [0.4, 0.5) is 5.69 Å². The summed E-state index contributed by atoms with van der Waals surface area (Å²) in [7, 11) is 1.81. The van der Waals surface area contributed by atoms with Gasteiger partial charge in [-0.3, -0.25) is 9.69 Å². The lowest BCUT2D eigenvalue weighted by atomic mass is 10.2. The van der Waals surface area contributed by atoms with Crippen molar-refractivity contribution >= 4 is 34.3 Å². The SMILES string of the molecule is CN(C(=O)CSc1nc(CN2CCOCC2)nc2ccccc12)c1ccccc1. The van der Waals surface area contributed by atoms with E-state index in [2.05, 4.69) is 4.90 Å². The standard InChI is InChI=1S/C22H24N4O2S/c1-25(17-7-3-2-4-8-17)21(27)16-29-22-18-9-5-6-10-19(18)23-20(24-22)15-26-11-13-28-14-12-26/h2-10H,11-16H2,1H3. The van der Waals surface area contributed by atoms with Crippen molar-refractivity contribution < 1.29 is 9.53 Å². The molecule has 0 bridgehead atoms. The summed E-state index contributed by atoms with van der Waals surface area (Å²) in [5, 5.41) is 1.84.